The van der Waals surface area contributed by atoms with Crippen LogP contribution in [0.5, 0.6) is 0 Å². The van der Waals surface area contributed by atoms with Crippen LogP contribution in [0, 0.1) is 24.2 Å². The van der Waals surface area contributed by atoms with Gasteiger partial charge in [0.1, 0.15) is 6.04 Å². The van der Waals surface area contributed by atoms with Crippen LogP contribution in [-0.4, -0.2) is 29.6 Å². The molecular formula is C12H20N2O3. The Bertz CT molecular complexity index is 307. The molecule has 0 aromatic rings. The molecule has 0 heterocycles. The quantitative estimate of drug-likeness (QED) is 0.554. The van der Waals surface area contributed by atoms with E-state index in [1.807, 2.05) is 13.8 Å². The zero-order valence-corrected chi connectivity index (χ0v) is 10.3. The molecule has 17 heavy (non-hydrogen) atoms. The van der Waals surface area contributed by atoms with E-state index in [9.17, 15) is 9.59 Å². The molecule has 0 bridgehead atoms. The first-order valence-corrected chi connectivity index (χ1v) is 5.59. The summed E-state index contributed by atoms with van der Waals surface area (Å²) >= 11 is 0. The number of amides is 1. The van der Waals surface area contributed by atoms with E-state index < -0.39 is 12.0 Å². The van der Waals surface area contributed by atoms with Gasteiger partial charge in [0.25, 0.3) is 0 Å². The lowest BCUT2D eigenvalue weighted by Gasteiger charge is -2.19. The Kier molecular flexibility index (Phi) is 6.99. The number of hydrogen-bond donors (Lipinski definition) is 3. The second-order valence-corrected chi connectivity index (χ2v) is 4.37. The molecule has 2 atom stereocenters. The van der Waals surface area contributed by atoms with E-state index in [4.69, 9.17) is 17.3 Å². The highest BCUT2D eigenvalue weighted by molar-refractivity contribution is 5.85. The van der Waals surface area contributed by atoms with Gasteiger partial charge in [-0.3, -0.25) is 4.79 Å². The van der Waals surface area contributed by atoms with Gasteiger partial charge in [0.2, 0.25) is 5.91 Å². The van der Waals surface area contributed by atoms with Gasteiger partial charge in [0.05, 0.1) is 5.92 Å². The van der Waals surface area contributed by atoms with E-state index in [1.54, 1.807) is 0 Å². The predicted octanol–water partition coefficient (Wildman–Crippen LogP) is 0.200. The Hall–Kier alpha value is -1.54. The van der Waals surface area contributed by atoms with Crippen LogP contribution in [0.3, 0.4) is 0 Å². The number of nitrogens with two attached hydrogens (primary N) is 1. The minimum atomic E-state index is -1.13. The summed E-state index contributed by atoms with van der Waals surface area (Å²) in [5.41, 5.74) is 5.50. The van der Waals surface area contributed by atoms with Crippen LogP contribution < -0.4 is 11.1 Å². The van der Waals surface area contributed by atoms with E-state index in [0.717, 1.165) is 0 Å². The van der Waals surface area contributed by atoms with Gasteiger partial charge in [0, 0.05) is 13.0 Å². The average molecular weight is 240 g/mol. The lowest BCUT2D eigenvalue weighted by molar-refractivity contribution is -0.142. The Morgan fingerprint density at radius 2 is 2.06 bits per heavy atom. The van der Waals surface area contributed by atoms with E-state index in [1.165, 1.54) is 0 Å². The van der Waals surface area contributed by atoms with Gasteiger partial charge in [-0.25, -0.2) is 4.79 Å². The van der Waals surface area contributed by atoms with E-state index >= 15 is 0 Å². The number of carbonyl (C=O) groups excluding carboxylic acids is 1. The average Bonchev–Trinajstić information content (AvgIpc) is 2.24. The van der Waals surface area contributed by atoms with Crippen LogP contribution in [-0.2, 0) is 9.59 Å². The van der Waals surface area contributed by atoms with Crippen molar-refractivity contribution in [3.8, 4) is 12.3 Å². The Balaban J connectivity index is 4.47. The zero-order chi connectivity index (χ0) is 13.4. The summed E-state index contributed by atoms with van der Waals surface area (Å²) in [7, 11) is 0. The molecule has 0 saturated carbocycles. The molecule has 0 spiro atoms. The number of rotatable bonds is 7. The summed E-state index contributed by atoms with van der Waals surface area (Å²) in [4.78, 5) is 22.6. The highest BCUT2D eigenvalue weighted by Gasteiger charge is 2.24. The first-order valence-electron chi connectivity index (χ1n) is 5.59. The molecule has 0 aromatic carbocycles. The lowest BCUT2D eigenvalue weighted by Crippen LogP contribution is -2.45. The van der Waals surface area contributed by atoms with Crippen molar-refractivity contribution in [3.05, 3.63) is 0 Å². The predicted molar refractivity (Wildman–Crippen MR) is 65.0 cm³/mol. The molecule has 0 aliphatic rings. The van der Waals surface area contributed by atoms with Crippen molar-refractivity contribution >= 4 is 11.9 Å². The number of hydrogen-bond acceptors (Lipinski definition) is 3. The molecule has 5 nitrogen and oxygen atoms in total. The highest BCUT2D eigenvalue weighted by atomic mass is 16.4. The fourth-order valence-electron chi connectivity index (χ4n) is 1.49. The van der Waals surface area contributed by atoms with Crippen molar-refractivity contribution in [2.24, 2.45) is 17.6 Å². The molecule has 2 unspecified atom stereocenters. The third kappa shape index (κ3) is 5.93. The summed E-state index contributed by atoms with van der Waals surface area (Å²) in [6.45, 7) is 4.16. The molecule has 0 aliphatic heterocycles. The second-order valence-electron chi connectivity index (χ2n) is 4.37. The number of carbonyl (C=O) groups is 2. The number of carboxylic acids is 1. The van der Waals surface area contributed by atoms with Crippen molar-refractivity contribution in [1.29, 1.82) is 0 Å². The molecule has 0 saturated heterocycles. The van der Waals surface area contributed by atoms with Gasteiger partial charge >= 0.3 is 5.97 Å². The zero-order valence-electron chi connectivity index (χ0n) is 10.3. The molecule has 5 heteroatoms. The van der Waals surface area contributed by atoms with Crippen molar-refractivity contribution in [1.82, 2.24) is 5.32 Å². The molecule has 1 amide bonds. The third-order valence-corrected chi connectivity index (χ3v) is 2.35. The molecule has 0 rings (SSSR count). The first kappa shape index (κ1) is 15.5. The van der Waals surface area contributed by atoms with Gasteiger partial charge in [-0.2, -0.15) is 0 Å². The lowest BCUT2D eigenvalue weighted by atomic mass is 9.96. The summed E-state index contributed by atoms with van der Waals surface area (Å²) in [6, 6.07) is -1.03. The van der Waals surface area contributed by atoms with Gasteiger partial charge in [-0.1, -0.05) is 13.8 Å². The number of aliphatic carboxylic acids is 1. The maximum absolute atomic E-state index is 11.8. The normalized spacial score (nSPS) is 13.8. The van der Waals surface area contributed by atoms with E-state index in [-0.39, 0.29) is 24.8 Å². The van der Waals surface area contributed by atoms with Crippen LogP contribution in [0.2, 0.25) is 0 Å². The van der Waals surface area contributed by atoms with Gasteiger partial charge < -0.3 is 16.2 Å². The first-order chi connectivity index (χ1) is 7.92. The van der Waals surface area contributed by atoms with Crippen LogP contribution in [0.1, 0.15) is 26.7 Å². The molecular weight excluding hydrogens is 220 g/mol. The van der Waals surface area contributed by atoms with Gasteiger partial charge in [-0.05, 0) is 12.3 Å². The number of nitrogens with one attached hydrogen (secondary N) is 1. The highest BCUT2D eigenvalue weighted by Crippen LogP contribution is 2.11. The SMILES string of the molecule is C#CCC(NC(=O)C(CN)CC(C)C)C(=O)O. The largest absolute Gasteiger partial charge is 0.480 e. The van der Waals surface area contributed by atoms with Crippen molar-refractivity contribution in [3.63, 3.8) is 0 Å². The molecule has 96 valence electrons. The smallest absolute Gasteiger partial charge is 0.327 e. The van der Waals surface area contributed by atoms with Gasteiger partial charge in [-0.15, -0.1) is 12.3 Å². The third-order valence-electron chi connectivity index (χ3n) is 2.35. The van der Waals surface area contributed by atoms with E-state index in [2.05, 4.69) is 11.2 Å². The number of terminal acetylenes is 1. The summed E-state index contributed by atoms with van der Waals surface area (Å²) in [6.07, 6.45) is 5.64. The number of carboxylic acid groups (broad SMARTS) is 1. The van der Waals surface area contributed by atoms with E-state index in [0.29, 0.717) is 12.3 Å². The Labute approximate surface area is 102 Å². The molecule has 0 fully saturated rings. The summed E-state index contributed by atoms with van der Waals surface area (Å²) < 4.78 is 0. The minimum absolute atomic E-state index is 0.0277. The maximum Gasteiger partial charge on any atom is 0.327 e. The summed E-state index contributed by atoms with van der Waals surface area (Å²) in [5.74, 6) is 0.712. The van der Waals surface area contributed by atoms with Crippen molar-refractivity contribution in [2.45, 2.75) is 32.7 Å². The monoisotopic (exact) mass is 240 g/mol. The maximum atomic E-state index is 11.8. The van der Waals surface area contributed by atoms with Crippen LogP contribution in [0.4, 0.5) is 0 Å². The Morgan fingerprint density at radius 3 is 2.41 bits per heavy atom. The second kappa shape index (κ2) is 7.69. The molecule has 0 aliphatic carbocycles. The summed E-state index contributed by atoms with van der Waals surface area (Å²) in [5, 5.41) is 11.3. The standard InChI is InChI=1S/C12H20N2O3/c1-4-5-10(12(16)17)14-11(15)9(7-13)6-8(2)3/h1,8-10H,5-7,13H2,2-3H3,(H,14,15)(H,16,17). The fraction of sp³-hybridized carbons (Fsp3) is 0.667. The molecule has 0 radical (unpaired) electrons. The van der Waals surface area contributed by atoms with Crippen LogP contribution >= 0.6 is 0 Å². The molecule has 0 aromatic heterocycles. The Morgan fingerprint density at radius 1 is 1.47 bits per heavy atom. The fourth-order valence-corrected chi connectivity index (χ4v) is 1.49. The minimum Gasteiger partial charge on any atom is -0.480 e. The van der Waals surface area contributed by atoms with Crippen LogP contribution in [0.25, 0.3) is 0 Å². The van der Waals surface area contributed by atoms with Crippen molar-refractivity contribution < 1.29 is 14.7 Å². The van der Waals surface area contributed by atoms with Gasteiger partial charge in [0.15, 0.2) is 0 Å². The van der Waals surface area contributed by atoms with Crippen LogP contribution in [0.15, 0.2) is 0 Å². The van der Waals surface area contributed by atoms with Crippen molar-refractivity contribution in [2.75, 3.05) is 6.54 Å². The molecule has 4 N–H and O–H groups in total. The topological polar surface area (TPSA) is 92.4 Å².